The zero-order valence-corrected chi connectivity index (χ0v) is 19.5. The number of benzene rings is 1. The van der Waals surface area contributed by atoms with Crippen molar-refractivity contribution in [1.82, 2.24) is 20.4 Å². The lowest BCUT2D eigenvalue weighted by Gasteiger charge is -2.62. The van der Waals surface area contributed by atoms with Crippen LogP contribution < -0.4 is 5.32 Å². The van der Waals surface area contributed by atoms with Gasteiger partial charge in [-0.05, 0) is 26.0 Å². The maximum Gasteiger partial charge on any atom is 0.228 e. The number of aliphatic imine (C=N–C) groups is 1. The topological polar surface area (TPSA) is 66.5 Å². The summed E-state index contributed by atoms with van der Waals surface area (Å²) >= 11 is 6.01. The van der Waals surface area contributed by atoms with Gasteiger partial charge in [0.15, 0.2) is 5.96 Å². The fourth-order valence-corrected chi connectivity index (χ4v) is 3.27. The summed E-state index contributed by atoms with van der Waals surface area (Å²) in [5.41, 5.74) is 1.18. The van der Waals surface area contributed by atoms with Gasteiger partial charge in [0.2, 0.25) is 11.7 Å². The van der Waals surface area contributed by atoms with E-state index in [9.17, 15) is 0 Å². The molecule has 2 aromatic rings. The van der Waals surface area contributed by atoms with Crippen LogP contribution in [0.25, 0.3) is 11.4 Å². The number of rotatable bonds is 4. The normalized spacial score (nSPS) is 17.9. The van der Waals surface area contributed by atoms with Crippen molar-refractivity contribution in [2.24, 2.45) is 10.4 Å². The van der Waals surface area contributed by atoms with Crippen LogP contribution in [0.4, 0.5) is 0 Å². The van der Waals surface area contributed by atoms with Gasteiger partial charge in [0, 0.05) is 48.1 Å². The first kappa shape index (κ1) is 21.9. The SMILES string of the molecule is CN=C(NCCc1nc(-c2cccc(Cl)c2)no1)N1CC(C)(C)C1(C)C.I. The molecule has 8 heteroatoms. The van der Waals surface area contributed by atoms with E-state index in [2.05, 4.69) is 53.0 Å². The molecule has 1 saturated heterocycles. The number of hydrogen-bond donors (Lipinski definition) is 1. The number of hydrogen-bond acceptors (Lipinski definition) is 4. The van der Waals surface area contributed by atoms with Crippen LogP contribution in [0.5, 0.6) is 0 Å². The molecule has 27 heavy (non-hydrogen) atoms. The Balaban J connectivity index is 0.00000261. The zero-order valence-electron chi connectivity index (χ0n) is 16.4. The number of aromatic nitrogens is 2. The minimum atomic E-state index is 0. The van der Waals surface area contributed by atoms with Gasteiger partial charge in [-0.2, -0.15) is 4.98 Å². The molecule has 1 aromatic heterocycles. The van der Waals surface area contributed by atoms with Gasteiger partial charge in [-0.25, -0.2) is 0 Å². The van der Waals surface area contributed by atoms with Gasteiger partial charge in [-0.15, -0.1) is 24.0 Å². The molecule has 0 aliphatic carbocycles. The largest absolute Gasteiger partial charge is 0.356 e. The van der Waals surface area contributed by atoms with E-state index in [1.165, 1.54) is 0 Å². The van der Waals surface area contributed by atoms with Crippen molar-refractivity contribution in [2.75, 3.05) is 20.1 Å². The van der Waals surface area contributed by atoms with Crippen LogP contribution in [0, 0.1) is 5.41 Å². The van der Waals surface area contributed by atoms with Crippen molar-refractivity contribution in [2.45, 2.75) is 39.7 Å². The number of halogens is 2. The maximum atomic E-state index is 6.01. The Morgan fingerprint density at radius 3 is 2.67 bits per heavy atom. The Morgan fingerprint density at radius 2 is 2.07 bits per heavy atom. The molecule has 0 atom stereocenters. The van der Waals surface area contributed by atoms with Gasteiger partial charge in [0.05, 0.1) is 0 Å². The van der Waals surface area contributed by atoms with Crippen molar-refractivity contribution in [3.05, 3.63) is 35.2 Å². The maximum absolute atomic E-state index is 6.01. The van der Waals surface area contributed by atoms with Crippen LogP contribution in [0.2, 0.25) is 5.02 Å². The van der Waals surface area contributed by atoms with Crippen LogP contribution in [-0.4, -0.2) is 46.7 Å². The average molecular weight is 504 g/mol. The second-order valence-electron chi connectivity index (χ2n) is 7.78. The summed E-state index contributed by atoms with van der Waals surface area (Å²) in [7, 11) is 1.81. The fraction of sp³-hybridized carbons (Fsp3) is 0.526. The van der Waals surface area contributed by atoms with E-state index in [4.69, 9.17) is 16.1 Å². The number of guanidine groups is 1. The van der Waals surface area contributed by atoms with Gasteiger partial charge >= 0.3 is 0 Å². The van der Waals surface area contributed by atoms with Gasteiger partial charge < -0.3 is 14.7 Å². The van der Waals surface area contributed by atoms with E-state index in [-0.39, 0.29) is 34.9 Å². The predicted molar refractivity (Wildman–Crippen MR) is 120 cm³/mol. The molecule has 1 aromatic carbocycles. The minimum absolute atomic E-state index is 0. The van der Waals surface area contributed by atoms with E-state index in [1.54, 1.807) is 0 Å². The molecule has 0 spiro atoms. The highest BCUT2D eigenvalue weighted by Gasteiger charge is 2.53. The van der Waals surface area contributed by atoms with Crippen molar-refractivity contribution in [3.8, 4) is 11.4 Å². The smallest absolute Gasteiger partial charge is 0.228 e. The first-order chi connectivity index (χ1) is 12.2. The molecule has 2 heterocycles. The third kappa shape index (κ3) is 4.39. The average Bonchev–Trinajstić information content (AvgIpc) is 3.06. The molecule has 3 rings (SSSR count). The lowest BCUT2D eigenvalue weighted by atomic mass is 9.65. The Hall–Kier alpha value is -1.35. The summed E-state index contributed by atoms with van der Waals surface area (Å²) in [6, 6.07) is 7.42. The first-order valence-corrected chi connectivity index (χ1v) is 9.19. The summed E-state index contributed by atoms with van der Waals surface area (Å²) in [5, 5.41) is 8.09. The van der Waals surface area contributed by atoms with E-state index in [0.29, 0.717) is 29.7 Å². The van der Waals surface area contributed by atoms with Crippen molar-refractivity contribution >= 4 is 41.5 Å². The summed E-state index contributed by atoms with van der Waals surface area (Å²) in [6.45, 7) is 10.7. The van der Waals surface area contributed by atoms with E-state index >= 15 is 0 Å². The van der Waals surface area contributed by atoms with Gasteiger partial charge in [0.1, 0.15) is 0 Å². The second-order valence-corrected chi connectivity index (χ2v) is 8.21. The fourth-order valence-electron chi connectivity index (χ4n) is 3.08. The molecule has 6 nitrogen and oxygen atoms in total. The summed E-state index contributed by atoms with van der Waals surface area (Å²) in [6.07, 6.45) is 0.629. The van der Waals surface area contributed by atoms with Gasteiger partial charge in [0.25, 0.3) is 0 Å². The standard InChI is InChI=1S/C19H26ClN5O.HI/c1-18(2)12-25(19(18,3)4)17(21-5)22-10-9-15-23-16(24-26-15)13-7-6-8-14(20)11-13;/h6-8,11H,9-10,12H2,1-5H3,(H,21,22);1H. The quantitative estimate of drug-likeness (QED) is 0.384. The third-order valence-electron chi connectivity index (χ3n) is 5.52. The van der Waals surface area contributed by atoms with Crippen molar-refractivity contribution in [1.29, 1.82) is 0 Å². The zero-order chi connectivity index (χ0) is 18.9. The number of likely N-dealkylation sites (tertiary alicyclic amines) is 1. The van der Waals surface area contributed by atoms with Crippen LogP contribution in [0.15, 0.2) is 33.8 Å². The molecule has 0 saturated carbocycles. The summed E-state index contributed by atoms with van der Waals surface area (Å²) in [4.78, 5) is 11.2. The molecule has 148 valence electrons. The monoisotopic (exact) mass is 503 g/mol. The van der Waals surface area contributed by atoms with Crippen LogP contribution in [0.3, 0.4) is 0 Å². The number of nitrogens with one attached hydrogen (secondary N) is 1. The first-order valence-electron chi connectivity index (χ1n) is 8.81. The molecule has 0 unspecified atom stereocenters. The molecular formula is C19H27ClIN5O. The van der Waals surface area contributed by atoms with E-state index < -0.39 is 0 Å². The Labute approximate surface area is 182 Å². The molecule has 0 radical (unpaired) electrons. The van der Waals surface area contributed by atoms with Gasteiger partial charge in [-0.1, -0.05) is 42.7 Å². The van der Waals surface area contributed by atoms with Crippen molar-refractivity contribution in [3.63, 3.8) is 0 Å². The molecule has 1 N–H and O–H groups in total. The van der Waals surface area contributed by atoms with Crippen LogP contribution >= 0.6 is 35.6 Å². The molecule has 0 amide bonds. The molecule has 0 bridgehead atoms. The second kappa shape index (κ2) is 8.34. The minimum Gasteiger partial charge on any atom is -0.356 e. The Kier molecular flexibility index (Phi) is 6.78. The van der Waals surface area contributed by atoms with Crippen molar-refractivity contribution < 1.29 is 4.52 Å². The molecule has 1 fully saturated rings. The molecular weight excluding hydrogens is 477 g/mol. The van der Waals surface area contributed by atoms with Crippen LogP contribution in [0.1, 0.15) is 33.6 Å². The van der Waals surface area contributed by atoms with E-state index in [0.717, 1.165) is 18.1 Å². The Morgan fingerprint density at radius 1 is 1.33 bits per heavy atom. The highest BCUT2D eigenvalue weighted by molar-refractivity contribution is 14.0. The highest BCUT2D eigenvalue weighted by atomic mass is 127. The van der Waals surface area contributed by atoms with Crippen LogP contribution in [-0.2, 0) is 6.42 Å². The van der Waals surface area contributed by atoms with E-state index in [1.807, 2.05) is 31.3 Å². The third-order valence-corrected chi connectivity index (χ3v) is 5.76. The lowest BCUT2D eigenvalue weighted by molar-refractivity contribution is -0.0667. The summed E-state index contributed by atoms with van der Waals surface area (Å²) in [5.74, 6) is 2.05. The summed E-state index contributed by atoms with van der Waals surface area (Å²) < 4.78 is 5.35. The lowest BCUT2D eigenvalue weighted by Crippen LogP contribution is -2.72. The highest BCUT2D eigenvalue weighted by Crippen LogP contribution is 2.46. The predicted octanol–water partition coefficient (Wildman–Crippen LogP) is 4.25. The number of nitrogens with zero attached hydrogens (tertiary/aromatic N) is 4. The molecule has 1 aliphatic heterocycles. The Bertz CT molecular complexity index is 818. The van der Waals surface area contributed by atoms with Gasteiger partial charge in [-0.3, -0.25) is 4.99 Å². The molecule has 1 aliphatic rings.